The Morgan fingerprint density at radius 1 is 1.15 bits per heavy atom. The summed E-state index contributed by atoms with van der Waals surface area (Å²) in [5, 5.41) is 0. The molecule has 0 aromatic rings. The predicted molar refractivity (Wildman–Crippen MR) is 51.8 cm³/mol. The van der Waals surface area contributed by atoms with Gasteiger partial charge in [0, 0.05) is 0 Å². The molecule has 0 amide bonds. The summed E-state index contributed by atoms with van der Waals surface area (Å²) in [7, 11) is 0. The normalized spacial score (nSPS) is 11.5. The van der Waals surface area contributed by atoms with E-state index in [2.05, 4.69) is 0 Å². The van der Waals surface area contributed by atoms with Gasteiger partial charge in [-0.05, 0) is 34.3 Å². The van der Waals surface area contributed by atoms with Gasteiger partial charge in [0.1, 0.15) is 0 Å². The second-order valence-electron chi connectivity index (χ2n) is 2.92. The molecule has 0 rings (SSSR count). The van der Waals surface area contributed by atoms with Crippen molar-refractivity contribution in [1.29, 1.82) is 0 Å². The molecule has 0 fully saturated rings. The third kappa shape index (κ3) is 4.69. The van der Waals surface area contributed by atoms with Crippen LogP contribution in [0.15, 0.2) is 11.4 Å². The second-order valence-corrected chi connectivity index (χ2v) is 3.91. The summed E-state index contributed by atoms with van der Waals surface area (Å²) < 4.78 is 38.0. The highest BCUT2D eigenvalue weighted by Gasteiger charge is 2.33. The monoisotopic (exact) mass is 258 g/mol. The largest absolute Gasteiger partial charge is 0.352 e. The van der Waals surface area contributed by atoms with Crippen LogP contribution in [0.2, 0.25) is 0 Å². The zero-order valence-corrected chi connectivity index (χ0v) is 9.43. The molecule has 0 aliphatic rings. The van der Waals surface area contributed by atoms with Gasteiger partial charge in [-0.25, -0.2) is 4.39 Å². The van der Waals surface area contributed by atoms with Crippen LogP contribution in [0.3, 0.4) is 0 Å². The number of halogens is 4. The lowest BCUT2D eigenvalue weighted by Gasteiger charge is -2.11. The van der Waals surface area contributed by atoms with Crippen LogP contribution in [0.4, 0.5) is 13.2 Å². The van der Waals surface area contributed by atoms with E-state index >= 15 is 0 Å². The predicted octanol–water partition coefficient (Wildman–Crippen LogP) is 4.80. The molecule has 0 saturated carbocycles. The Hall–Kier alpha value is 0.01000. The van der Waals surface area contributed by atoms with Gasteiger partial charge in [-0.2, -0.15) is 8.78 Å². The van der Waals surface area contributed by atoms with Crippen molar-refractivity contribution in [2.45, 2.75) is 44.4 Å². The summed E-state index contributed by atoms with van der Waals surface area (Å²) in [5.74, 6) is -1.31. The van der Waals surface area contributed by atoms with Crippen LogP contribution in [0.1, 0.15) is 39.5 Å². The van der Waals surface area contributed by atoms with Gasteiger partial charge >= 0.3 is 4.83 Å². The summed E-state index contributed by atoms with van der Waals surface area (Å²) in [5.41, 5.74) is 0.229. The highest BCUT2D eigenvalue weighted by atomic mass is 79.9. The average Bonchev–Trinajstić information content (AvgIpc) is 2.01. The highest BCUT2D eigenvalue weighted by Crippen LogP contribution is 2.36. The third-order valence-corrected chi connectivity index (χ3v) is 2.01. The smallest absolute Gasteiger partial charge is 0.204 e. The van der Waals surface area contributed by atoms with Crippen LogP contribution < -0.4 is 0 Å². The molecule has 0 nitrogen and oxygen atoms in total. The molecule has 13 heavy (non-hydrogen) atoms. The molecule has 0 atom stereocenters. The minimum Gasteiger partial charge on any atom is -0.204 e. The van der Waals surface area contributed by atoms with E-state index in [4.69, 9.17) is 0 Å². The summed E-state index contributed by atoms with van der Waals surface area (Å²) in [6.07, 6.45) is 2.18. The maximum atomic E-state index is 13.0. The Morgan fingerprint density at radius 3 is 1.77 bits per heavy atom. The van der Waals surface area contributed by atoms with Crippen molar-refractivity contribution in [3.05, 3.63) is 11.4 Å². The third-order valence-electron chi connectivity index (χ3n) is 1.66. The minimum atomic E-state index is -3.49. The number of rotatable bonds is 5. The molecule has 78 valence electrons. The molecule has 0 aromatic carbocycles. The van der Waals surface area contributed by atoms with Crippen molar-refractivity contribution in [3.63, 3.8) is 0 Å². The lowest BCUT2D eigenvalue weighted by Crippen LogP contribution is -2.08. The standard InChI is InChI=1S/C9H14BrF3/c1-3-5-7(6-4-2)8(11)9(10,12)13/h3-6H2,1-2H3. The molecule has 0 bridgehead atoms. The Morgan fingerprint density at radius 2 is 1.54 bits per heavy atom. The van der Waals surface area contributed by atoms with Crippen LogP contribution in [0, 0.1) is 0 Å². The molecule has 0 aliphatic heterocycles. The van der Waals surface area contributed by atoms with Gasteiger partial charge in [-0.1, -0.05) is 26.7 Å². The topological polar surface area (TPSA) is 0 Å². The Kier molecular flexibility index (Phi) is 5.68. The van der Waals surface area contributed by atoms with E-state index in [9.17, 15) is 13.2 Å². The zero-order chi connectivity index (χ0) is 10.5. The van der Waals surface area contributed by atoms with Crippen molar-refractivity contribution in [3.8, 4) is 0 Å². The Balaban J connectivity index is 4.63. The first-order chi connectivity index (χ1) is 5.93. The molecule has 0 aliphatic carbocycles. The SMILES string of the molecule is CCCC(CCC)=C(F)C(F)(F)Br. The maximum Gasteiger partial charge on any atom is 0.352 e. The van der Waals surface area contributed by atoms with Gasteiger partial charge in [0.25, 0.3) is 0 Å². The van der Waals surface area contributed by atoms with Gasteiger partial charge in [0.2, 0.25) is 0 Å². The molecule has 0 unspecified atom stereocenters. The van der Waals surface area contributed by atoms with Gasteiger partial charge in [0.05, 0.1) is 0 Å². The Bertz CT molecular complexity index is 174. The fourth-order valence-corrected chi connectivity index (χ4v) is 1.43. The van der Waals surface area contributed by atoms with Gasteiger partial charge in [0.15, 0.2) is 5.83 Å². The summed E-state index contributed by atoms with van der Waals surface area (Å²) in [4.78, 5) is -3.49. The van der Waals surface area contributed by atoms with Crippen molar-refractivity contribution < 1.29 is 13.2 Å². The number of hydrogen-bond donors (Lipinski definition) is 0. The van der Waals surface area contributed by atoms with E-state index in [1.165, 1.54) is 0 Å². The second kappa shape index (κ2) is 5.68. The van der Waals surface area contributed by atoms with Gasteiger partial charge in [-0.3, -0.25) is 0 Å². The van der Waals surface area contributed by atoms with Crippen molar-refractivity contribution in [1.82, 2.24) is 0 Å². The van der Waals surface area contributed by atoms with E-state index in [1.807, 2.05) is 29.8 Å². The molecule has 0 saturated heterocycles. The molecular weight excluding hydrogens is 245 g/mol. The summed E-state index contributed by atoms with van der Waals surface area (Å²) in [6, 6.07) is 0. The average molecular weight is 259 g/mol. The van der Waals surface area contributed by atoms with Crippen LogP contribution in [-0.2, 0) is 0 Å². The molecule has 0 aromatic heterocycles. The van der Waals surface area contributed by atoms with Crippen molar-refractivity contribution in [2.75, 3.05) is 0 Å². The number of hydrogen-bond acceptors (Lipinski definition) is 0. The molecular formula is C9H14BrF3. The van der Waals surface area contributed by atoms with Crippen molar-refractivity contribution >= 4 is 15.9 Å². The van der Waals surface area contributed by atoms with E-state index in [1.54, 1.807) is 0 Å². The first kappa shape index (κ1) is 13.0. The summed E-state index contributed by atoms with van der Waals surface area (Å²) >= 11 is 2.02. The van der Waals surface area contributed by atoms with Crippen LogP contribution in [0.5, 0.6) is 0 Å². The first-order valence-corrected chi connectivity index (χ1v) is 5.17. The fourth-order valence-electron chi connectivity index (χ4n) is 1.15. The maximum absolute atomic E-state index is 13.0. The van der Waals surface area contributed by atoms with E-state index in [0.29, 0.717) is 25.7 Å². The fraction of sp³-hybridized carbons (Fsp3) is 0.778. The number of allylic oxidation sites excluding steroid dienone is 2. The van der Waals surface area contributed by atoms with Crippen LogP contribution in [0.25, 0.3) is 0 Å². The highest BCUT2D eigenvalue weighted by molar-refractivity contribution is 9.10. The van der Waals surface area contributed by atoms with Gasteiger partial charge < -0.3 is 0 Å². The van der Waals surface area contributed by atoms with E-state index in [-0.39, 0.29) is 5.57 Å². The van der Waals surface area contributed by atoms with Crippen LogP contribution in [-0.4, -0.2) is 4.83 Å². The Labute approximate surface area is 85.3 Å². The molecule has 0 N–H and O–H groups in total. The van der Waals surface area contributed by atoms with E-state index < -0.39 is 10.7 Å². The summed E-state index contributed by atoms with van der Waals surface area (Å²) in [6.45, 7) is 3.69. The van der Waals surface area contributed by atoms with Crippen molar-refractivity contribution in [2.24, 2.45) is 0 Å². The van der Waals surface area contributed by atoms with Gasteiger partial charge in [-0.15, -0.1) is 0 Å². The molecule has 0 radical (unpaired) electrons. The molecule has 0 heterocycles. The number of alkyl halides is 3. The zero-order valence-electron chi connectivity index (χ0n) is 7.84. The van der Waals surface area contributed by atoms with Crippen LogP contribution >= 0.6 is 15.9 Å². The lowest BCUT2D eigenvalue weighted by molar-refractivity contribution is 0.124. The molecule has 0 spiro atoms. The van der Waals surface area contributed by atoms with E-state index in [0.717, 1.165) is 0 Å². The minimum absolute atomic E-state index is 0.229. The quantitative estimate of drug-likeness (QED) is 0.622. The lowest BCUT2D eigenvalue weighted by atomic mass is 10.0. The first-order valence-electron chi connectivity index (χ1n) is 4.38. The molecule has 4 heteroatoms.